The molecule has 0 aromatic heterocycles. The minimum absolute atomic E-state index is 0.0617. The monoisotopic (exact) mass is 333 g/mol. The molecule has 4 heteroatoms. The van der Waals surface area contributed by atoms with E-state index in [2.05, 4.69) is 34.2 Å². The summed E-state index contributed by atoms with van der Waals surface area (Å²) in [6.45, 7) is 2.58. The summed E-state index contributed by atoms with van der Waals surface area (Å²) in [4.78, 5) is 12.0. The van der Waals surface area contributed by atoms with Gasteiger partial charge in [-0.15, -0.1) is 0 Å². The number of hydrogen-bond donors (Lipinski definition) is 2. The number of carbonyl (C=O) groups is 1. The number of aryl methyl sites for hydroxylation is 1. The molecule has 3 nitrogen and oxygen atoms in total. The number of phenols is 1. The fraction of sp³-hybridized carbons (Fsp3) is 0.188. The highest BCUT2D eigenvalue weighted by Gasteiger charge is 2.08. The van der Waals surface area contributed by atoms with E-state index in [1.807, 2.05) is 18.2 Å². The van der Waals surface area contributed by atoms with E-state index < -0.39 is 0 Å². The number of amides is 1. The molecule has 0 fully saturated rings. The molecule has 0 aliphatic rings. The van der Waals surface area contributed by atoms with Gasteiger partial charge in [-0.2, -0.15) is 0 Å². The van der Waals surface area contributed by atoms with Crippen LogP contribution in [-0.2, 0) is 13.0 Å². The molecule has 0 bridgehead atoms. The minimum Gasteiger partial charge on any atom is -0.507 e. The van der Waals surface area contributed by atoms with Crippen LogP contribution in [0.1, 0.15) is 28.4 Å². The van der Waals surface area contributed by atoms with Gasteiger partial charge in [-0.05, 0) is 51.7 Å². The van der Waals surface area contributed by atoms with Crippen molar-refractivity contribution < 1.29 is 9.90 Å². The third-order valence-electron chi connectivity index (χ3n) is 3.15. The van der Waals surface area contributed by atoms with Gasteiger partial charge in [0.1, 0.15) is 5.75 Å². The summed E-state index contributed by atoms with van der Waals surface area (Å²) in [6, 6.07) is 12.8. The first kappa shape index (κ1) is 14.6. The van der Waals surface area contributed by atoms with Gasteiger partial charge < -0.3 is 10.4 Å². The molecule has 2 rings (SSSR count). The fourth-order valence-electron chi connectivity index (χ4n) is 2.01. The highest BCUT2D eigenvalue weighted by atomic mass is 79.9. The second-order valence-electron chi connectivity index (χ2n) is 4.47. The van der Waals surface area contributed by atoms with Crippen molar-refractivity contribution in [2.45, 2.75) is 19.9 Å². The maximum atomic E-state index is 12.0. The fourth-order valence-corrected chi connectivity index (χ4v) is 2.25. The van der Waals surface area contributed by atoms with Gasteiger partial charge in [-0.3, -0.25) is 4.79 Å². The lowest BCUT2D eigenvalue weighted by molar-refractivity contribution is 0.0950. The zero-order chi connectivity index (χ0) is 14.5. The molecular weight excluding hydrogens is 318 g/mol. The predicted octanol–water partition coefficient (Wildman–Crippen LogP) is 3.65. The number of carbonyl (C=O) groups excluding carboxylic acids is 1. The van der Waals surface area contributed by atoms with Crippen molar-refractivity contribution in [3.05, 3.63) is 63.6 Å². The van der Waals surface area contributed by atoms with Crippen LogP contribution in [0.15, 0.2) is 46.9 Å². The van der Waals surface area contributed by atoms with Crippen LogP contribution in [0.25, 0.3) is 0 Å². The Morgan fingerprint density at radius 1 is 1.20 bits per heavy atom. The summed E-state index contributed by atoms with van der Waals surface area (Å²) in [7, 11) is 0. The molecule has 0 saturated carbocycles. The normalized spacial score (nSPS) is 10.3. The Kier molecular flexibility index (Phi) is 4.79. The topological polar surface area (TPSA) is 49.3 Å². The summed E-state index contributed by atoms with van der Waals surface area (Å²) in [5, 5.41) is 12.5. The smallest absolute Gasteiger partial charge is 0.251 e. The SMILES string of the molecule is CCc1ccccc1CNC(=O)c1ccc(Br)c(O)c1. The molecule has 0 aliphatic carbocycles. The Hall–Kier alpha value is -1.81. The first-order valence-electron chi connectivity index (χ1n) is 6.45. The Labute approximate surface area is 126 Å². The van der Waals surface area contributed by atoms with Crippen molar-refractivity contribution in [1.82, 2.24) is 5.32 Å². The van der Waals surface area contributed by atoms with E-state index in [1.165, 1.54) is 11.6 Å². The molecule has 0 aliphatic heterocycles. The van der Waals surface area contributed by atoms with Gasteiger partial charge >= 0.3 is 0 Å². The average molecular weight is 334 g/mol. The first-order chi connectivity index (χ1) is 9.61. The van der Waals surface area contributed by atoms with Crippen molar-refractivity contribution in [3.8, 4) is 5.75 Å². The summed E-state index contributed by atoms with van der Waals surface area (Å²) in [6.07, 6.45) is 0.936. The number of halogens is 1. The number of hydrogen-bond acceptors (Lipinski definition) is 2. The minimum atomic E-state index is -0.196. The maximum Gasteiger partial charge on any atom is 0.251 e. The summed E-state index contributed by atoms with van der Waals surface area (Å²) in [5.74, 6) is -0.134. The molecular formula is C16H16BrNO2. The van der Waals surface area contributed by atoms with Crippen molar-refractivity contribution >= 4 is 21.8 Å². The van der Waals surface area contributed by atoms with E-state index in [4.69, 9.17) is 0 Å². The van der Waals surface area contributed by atoms with Gasteiger partial charge in [0.25, 0.3) is 5.91 Å². The zero-order valence-electron chi connectivity index (χ0n) is 11.2. The molecule has 0 unspecified atom stereocenters. The van der Waals surface area contributed by atoms with E-state index in [1.54, 1.807) is 12.1 Å². The van der Waals surface area contributed by atoms with E-state index in [0.717, 1.165) is 12.0 Å². The number of benzene rings is 2. The van der Waals surface area contributed by atoms with E-state index in [0.29, 0.717) is 16.6 Å². The summed E-state index contributed by atoms with van der Waals surface area (Å²) < 4.78 is 0.574. The third-order valence-corrected chi connectivity index (χ3v) is 3.82. The largest absolute Gasteiger partial charge is 0.507 e. The Morgan fingerprint density at radius 2 is 1.90 bits per heavy atom. The van der Waals surface area contributed by atoms with E-state index in [9.17, 15) is 9.90 Å². The van der Waals surface area contributed by atoms with Crippen LogP contribution in [0.4, 0.5) is 0 Å². The second-order valence-corrected chi connectivity index (χ2v) is 5.33. The zero-order valence-corrected chi connectivity index (χ0v) is 12.8. The molecule has 0 radical (unpaired) electrons. The van der Waals surface area contributed by atoms with Crippen LogP contribution in [-0.4, -0.2) is 11.0 Å². The van der Waals surface area contributed by atoms with Crippen LogP contribution in [0.3, 0.4) is 0 Å². The number of rotatable bonds is 4. The van der Waals surface area contributed by atoms with Gasteiger partial charge in [-0.25, -0.2) is 0 Å². The number of aromatic hydroxyl groups is 1. The Morgan fingerprint density at radius 3 is 2.55 bits per heavy atom. The molecule has 1 amide bonds. The van der Waals surface area contributed by atoms with Crippen LogP contribution in [0.5, 0.6) is 5.75 Å². The number of nitrogens with one attached hydrogen (secondary N) is 1. The van der Waals surface area contributed by atoms with Crippen LogP contribution >= 0.6 is 15.9 Å². The molecule has 20 heavy (non-hydrogen) atoms. The van der Waals surface area contributed by atoms with Crippen molar-refractivity contribution in [2.75, 3.05) is 0 Å². The van der Waals surface area contributed by atoms with E-state index >= 15 is 0 Å². The second kappa shape index (κ2) is 6.57. The quantitative estimate of drug-likeness (QED) is 0.897. The molecule has 0 spiro atoms. The maximum absolute atomic E-state index is 12.0. The lowest BCUT2D eigenvalue weighted by atomic mass is 10.1. The molecule has 2 N–H and O–H groups in total. The average Bonchev–Trinajstić information content (AvgIpc) is 2.47. The van der Waals surface area contributed by atoms with Gasteiger partial charge in [0.2, 0.25) is 0 Å². The Bertz CT molecular complexity index is 626. The number of phenolic OH excluding ortho intramolecular Hbond substituents is 1. The van der Waals surface area contributed by atoms with Crippen LogP contribution in [0.2, 0.25) is 0 Å². The van der Waals surface area contributed by atoms with Crippen LogP contribution < -0.4 is 5.32 Å². The lowest BCUT2D eigenvalue weighted by Gasteiger charge is -2.09. The third kappa shape index (κ3) is 3.39. The first-order valence-corrected chi connectivity index (χ1v) is 7.24. The van der Waals surface area contributed by atoms with Crippen molar-refractivity contribution in [2.24, 2.45) is 0 Å². The molecule has 0 saturated heterocycles. The standard InChI is InChI=1S/C16H16BrNO2/c1-2-11-5-3-4-6-13(11)10-18-16(20)12-7-8-14(17)15(19)9-12/h3-9,19H,2,10H2,1H3,(H,18,20). The summed E-state index contributed by atoms with van der Waals surface area (Å²) >= 11 is 3.19. The van der Waals surface area contributed by atoms with Gasteiger partial charge in [0.05, 0.1) is 4.47 Å². The lowest BCUT2D eigenvalue weighted by Crippen LogP contribution is -2.23. The molecule has 0 atom stereocenters. The summed E-state index contributed by atoms with van der Waals surface area (Å²) in [5.41, 5.74) is 2.79. The van der Waals surface area contributed by atoms with Gasteiger partial charge in [-0.1, -0.05) is 31.2 Å². The van der Waals surface area contributed by atoms with Crippen LogP contribution in [0, 0.1) is 0 Å². The van der Waals surface area contributed by atoms with Gasteiger partial charge in [0, 0.05) is 12.1 Å². The van der Waals surface area contributed by atoms with Gasteiger partial charge in [0.15, 0.2) is 0 Å². The highest BCUT2D eigenvalue weighted by molar-refractivity contribution is 9.10. The van der Waals surface area contributed by atoms with Crippen molar-refractivity contribution in [3.63, 3.8) is 0 Å². The molecule has 2 aromatic carbocycles. The predicted molar refractivity (Wildman–Crippen MR) is 82.8 cm³/mol. The Balaban J connectivity index is 2.06. The van der Waals surface area contributed by atoms with E-state index in [-0.39, 0.29) is 11.7 Å². The molecule has 0 heterocycles. The van der Waals surface area contributed by atoms with Crippen molar-refractivity contribution in [1.29, 1.82) is 0 Å². The molecule has 104 valence electrons. The highest BCUT2D eigenvalue weighted by Crippen LogP contribution is 2.24. The molecule has 2 aromatic rings.